The van der Waals surface area contributed by atoms with Crippen molar-refractivity contribution in [3.05, 3.63) is 113 Å². The molecule has 4 aromatic rings. The van der Waals surface area contributed by atoms with E-state index in [0.29, 0.717) is 33.7 Å². The molecular formula is C36H30N4O8. The molecule has 0 fully saturated rings. The molecule has 3 atom stereocenters. The first-order valence-corrected chi connectivity index (χ1v) is 15.0. The number of carboxylic acid groups (broad SMARTS) is 1. The van der Waals surface area contributed by atoms with Gasteiger partial charge in [0.1, 0.15) is 23.6 Å². The van der Waals surface area contributed by atoms with Crippen LogP contribution < -0.4 is 15.4 Å². The summed E-state index contributed by atoms with van der Waals surface area (Å²) in [5.74, 6) is -1.39. The van der Waals surface area contributed by atoms with Crippen molar-refractivity contribution in [1.29, 1.82) is 5.26 Å². The number of carbonyl (C=O) groups is 4. The minimum Gasteiger partial charge on any atom is -0.508 e. The molecule has 4 N–H and O–H groups in total. The van der Waals surface area contributed by atoms with Crippen molar-refractivity contribution in [3.63, 3.8) is 0 Å². The number of rotatable bonds is 7. The normalized spacial score (nSPS) is 17.0. The molecule has 4 aromatic carbocycles. The highest BCUT2D eigenvalue weighted by Gasteiger charge is 2.38. The molecule has 2 aliphatic heterocycles. The maximum Gasteiger partial charge on any atom is 0.408 e. The minimum absolute atomic E-state index is 0.00874. The highest BCUT2D eigenvalue weighted by molar-refractivity contribution is 5.99. The fourth-order valence-corrected chi connectivity index (χ4v) is 5.90. The van der Waals surface area contributed by atoms with E-state index < -0.39 is 42.1 Å². The summed E-state index contributed by atoms with van der Waals surface area (Å²) in [5, 5.41) is 34.2. The molecule has 2 aliphatic rings. The maximum atomic E-state index is 13.6. The summed E-state index contributed by atoms with van der Waals surface area (Å²) in [6.07, 6.45) is -2.20. The van der Waals surface area contributed by atoms with Gasteiger partial charge in [-0.25, -0.2) is 9.59 Å². The molecule has 12 heteroatoms. The van der Waals surface area contributed by atoms with Crippen LogP contribution in [0.2, 0.25) is 0 Å². The fourth-order valence-electron chi connectivity index (χ4n) is 5.90. The molecule has 0 aromatic heterocycles. The van der Waals surface area contributed by atoms with Crippen molar-refractivity contribution in [3.8, 4) is 28.7 Å². The van der Waals surface area contributed by atoms with Crippen LogP contribution >= 0.6 is 0 Å². The number of hydrogen-bond donors (Lipinski definition) is 4. The van der Waals surface area contributed by atoms with Crippen LogP contribution in [0.15, 0.2) is 84.9 Å². The standard InChI is InChI=1S/C36H30N4O8/c1-47-35(44)29(14-20-2-6-22(7-3-20)23-8-4-21(18-37)5-9-23)39-33(42)30-16-25-15-28-31(17-26(25)19-40(30)36(45)46)48-32(34(43)38-28)24-10-12-27(41)13-11-24/h2-13,15,17,29-30,32,41H,14,16,19H2,1H3,(H,38,43)(H,39,42)(H,45,46)/t29-,30?,32-/m0/s1. The van der Waals surface area contributed by atoms with E-state index in [1.54, 1.807) is 36.4 Å². The average molecular weight is 647 g/mol. The number of hydrogen-bond acceptors (Lipinski definition) is 8. The third-order valence-corrected chi connectivity index (χ3v) is 8.46. The molecule has 3 amide bonds. The van der Waals surface area contributed by atoms with Gasteiger partial charge in [-0.15, -0.1) is 0 Å². The van der Waals surface area contributed by atoms with Crippen LogP contribution in [0.5, 0.6) is 11.5 Å². The van der Waals surface area contributed by atoms with E-state index in [1.165, 1.54) is 19.2 Å². The van der Waals surface area contributed by atoms with E-state index in [1.807, 2.05) is 36.4 Å². The molecule has 1 unspecified atom stereocenters. The molecule has 242 valence electrons. The number of amides is 3. The number of esters is 1. The molecule has 0 saturated heterocycles. The van der Waals surface area contributed by atoms with Gasteiger partial charge >= 0.3 is 12.1 Å². The number of phenols is 1. The topological polar surface area (TPSA) is 178 Å². The minimum atomic E-state index is -1.32. The Morgan fingerprint density at radius 1 is 1.02 bits per heavy atom. The van der Waals surface area contributed by atoms with E-state index in [2.05, 4.69) is 16.7 Å². The van der Waals surface area contributed by atoms with Gasteiger partial charge in [-0.2, -0.15) is 5.26 Å². The predicted molar refractivity (Wildman–Crippen MR) is 172 cm³/mol. The number of benzene rings is 4. The van der Waals surface area contributed by atoms with Gasteiger partial charge in [-0.05, 0) is 64.2 Å². The van der Waals surface area contributed by atoms with Crippen LogP contribution in [-0.2, 0) is 38.5 Å². The number of methoxy groups -OCH3 is 1. The third-order valence-electron chi connectivity index (χ3n) is 8.46. The molecule has 0 aliphatic carbocycles. The molecule has 0 radical (unpaired) electrons. The van der Waals surface area contributed by atoms with Crippen LogP contribution in [0.4, 0.5) is 10.5 Å². The second kappa shape index (κ2) is 13.2. The Labute approximate surface area is 275 Å². The van der Waals surface area contributed by atoms with E-state index in [9.17, 15) is 29.4 Å². The van der Waals surface area contributed by atoms with Crippen molar-refractivity contribution in [2.45, 2.75) is 37.6 Å². The van der Waals surface area contributed by atoms with Crippen LogP contribution in [0, 0.1) is 11.3 Å². The number of phenolic OH excluding ortho intramolecular Hbond substituents is 1. The zero-order valence-corrected chi connectivity index (χ0v) is 25.7. The Morgan fingerprint density at radius 2 is 1.69 bits per heavy atom. The number of nitrogens with zero attached hydrogens (tertiary/aromatic N) is 2. The number of nitrogens with one attached hydrogen (secondary N) is 2. The zero-order valence-electron chi connectivity index (χ0n) is 25.7. The Balaban J connectivity index is 1.19. The van der Waals surface area contributed by atoms with Crippen molar-refractivity contribution >= 4 is 29.6 Å². The van der Waals surface area contributed by atoms with Gasteiger partial charge in [0.15, 0.2) is 0 Å². The summed E-state index contributed by atoms with van der Waals surface area (Å²) in [6.45, 7) is -0.128. The van der Waals surface area contributed by atoms with Crippen LogP contribution in [-0.4, -0.2) is 58.2 Å². The van der Waals surface area contributed by atoms with Gasteiger partial charge in [0, 0.05) is 18.4 Å². The molecule has 2 heterocycles. The number of fused-ring (bicyclic) bond motifs is 2. The quantitative estimate of drug-likeness (QED) is 0.213. The lowest BCUT2D eigenvalue weighted by Gasteiger charge is -2.36. The second-order valence-corrected chi connectivity index (χ2v) is 11.5. The Hall–Kier alpha value is -6.35. The first-order chi connectivity index (χ1) is 23.1. The van der Waals surface area contributed by atoms with E-state index >= 15 is 0 Å². The summed E-state index contributed by atoms with van der Waals surface area (Å²) < 4.78 is 11.0. The smallest absolute Gasteiger partial charge is 0.408 e. The Bertz CT molecular complexity index is 1940. The predicted octanol–water partition coefficient (Wildman–Crippen LogP) is 4.31. The van der Waals surface area contributed by atoms with Crippen molar-refractivity contribution in [2.24, 2.45) is 0 Å². The van der Waals surface area contributed by atoms with Crippen LogP contribution in [0.25, 0.3) is 11.1 Å². The summed E-state index contributed by atoms with van der Waals surface area (Å²) in [5.41, 5.74) is 5.26. The highest BCUT2D eigenvalue weighted by Crippen LogP contribution is 2.39. The van der Waals surface area contributed by atoms with Crippen molar-refractivity contribution < 1.29 is 38.9 Å². The summed E-state index contributed by atoms with van der Waals surface area (Å²) >= 11 is 0. The molecule has 48 heavy (non-hydrogen) atoms. The van der Waals surface area contributed by atoms with E-state index in [0.717, 1.165) is 21.6 Å². The van der Waals surface area contributed by atoms with Gasteiger partial charge in [0.05, 0.1) is 31.0 Å². The SMILES string of the molecule is COC(=O)[C@H](Cc1ccc(-c2ccc(C#N)cc2)cc1)NC(=O)C1Cc2cc3c(cc2CN1C(=O)O)O[C@@H](c1ccc(O)cc1)C(=O)N3. The summed E-state index contributed by atoms with van der Waals surface area (Å²) in [6, 6.07) is 23.7. The lowest BCUT2D eigenvalue weighted by molar-refractivity contribution is -0.145. The van der Waals surface area contributed by atoms with Gasteiger partial charge in [0.2, 0.25) is 12.0 Å². The average Bonchev–Trinajstić information content (AvgIpc) is 3.10. The molecule has 0 spiro atoms. The number of anilines is 1. The van der Waals surface area contributed by atoms with E-state index in [4.69, 9.17) is 14.7 Å². The van der Waals surface area contributed by atoms with E-state index in [-0.39, 0.29) is 25.1 Å². The van der Waals surface area contributed by atoms with Gasteiger partial charge < -0.3 is 30.3 Å². The summed E-state index contributed by atoms with van der Waals surface area (Å²) in [7, 11) is 1.21. The number of ether oxygens (including phenoxy) is 2. The second-order valence-electron chi connectivity index (χ2n) is 11.5. The fraction of sp³-hybridized carbons (Fsp3) is 0.194. The molecule has 12 nitrogen and oxygen atoms in total. The Morgan fingerprint density at radius 3 is 2.31 bits per heavy atom. The Kier molecular flexibility index (Phi) is 8.68. The van der Waals surface area contributed by atoms with Crippen molar-refractivity contribution in [1.82, 2.24) is 10.2 Å². The first-order valence-electron chi connectivity index (χ1n) is 15.0. The van der Waals surface area contributed by atoms with Gasteiger partial charge in [-0.3, -0.25) is 14.5 Å². The molecule has 6 rings (SSSR count). The summed E-state index contributed by atoms with van der Waals surface area (Å²) in [4.78, 5) is 52.7. The number of aromatic hydroxyl groups is 1. The highest BCUT2D eigenvalue weighted by atomic mass is 16.5. The maximum absolute atomic E-state index is 13.6. The van der Waals surface area contributed by atoms with Crippen LogP contribution in [0.3, 0.4) is 0 Å². The van der Waals surface area contributed by atoms with Gasteiger partial charge in [0.25, 0.3) is 5.91 Å². The molecule has 0 saturated carbocycles. The molecule has 0 bridgehead atoms. The number of nitriles is 1. The largest absolute Gasteiger partial charge is 0.508 e. The number of carbonyl (C=O) groups excluding carboxylic acids is 3. The monoisotopic (exact) mass is 646 g/mol. The lowest BCUT2D eigenvalue weighted by Crippen LogP contribution is -2.55. The van der Waals surface area contributed by atoms with Gasteiger partial charge in [-0.1, -0.05) is 48.5 Å². The van der Waals surface area contributed by atoms with Crippen LogP contribution in [0.1, 0.15) is 33.9 Å². The lowest BCUT2D eigenvalue weighted by atomic mass is 9.92. The first kappa shape index (κ1) is 31.6. The zero-order chi connectivity index (χ0) is 33.9. The molecular weight excluding hydrogens is 616 g/mol. The van der Waals surface area contributed by atoms with Crippen molar-refractivity contribution in [2.75, 3.05) is 12.4 Å². The third kappa shape index (κ3) is 6.47.